The minimum absolute atomic E-state index is 0.0764. The topological polar surface area (TPSA) is 49.8 Å². The van der Waals surface area contributed by atoms with Crippen molar-refractivity contribution in [1.82, 2.24) is 4.90 Å². The summed E-state index contributed by atoms with van der Waals surface area (Å²) in [6.07, 6.45) is 2.85. The fourth-order valence-corrected chi connectivity index (χ4v) is 3.37. The molecule has 5 heteroatoms. The summed E-state index contributed by atoms with van der Waals surface area (Å²) in [6, 6.07) is 15.7. The number of amides is 1. The summed E-state index contributed by atoms with van der Waals surface area (Å²) in [7, 11) is 0. The molecule has 1 heterocycles. The molecule has 0 radical (unpaired) electrons. The van der Waals surface area contributed by atoms with E-state index in [9.17, 15) is 14.3 Å². The lowest BCUT2D eigenvalue weighted by atomic mass is 9.96. The summed E-state index contributed by atoms with van der Waals surface area (Å²) in [5.41, 5.74) is 0.0364. The monoisotopic (exact) mass is 371 g/mol. The van der Waals surface area contributed by atoms with Gasteiger partial charge in [0.15, 0.2) is 0 Å². The molecule has 1 atom stereocenters. The first-order chi connectivity index (χ1) is 13.0. The number of carbonyl (C=O) groups is 1. The maximum atomic E-state index is 13.0. The van der Waals surface area contributed by atoms with Crippen LogP contribution in [0.5, 0.6) is 5.75 Å². The molecule has 0 saturated carbocycles. The molecule has 27 heavy (non-hydrogen) atoms. The van der Waals surface area contributed by atoms with Crippen molar-refractivity contribution in [1.29, 1.82) is 0 Å². The molecule has 1 fully saturated rings. The molecule has 1 N–H and O–H groups in total. The van der Waals surface area contributed by atoms with Gasteiger partial charge in [0.2, 0.25) is 5.91 Å². The van der Waals surface area contributed by atoms with Gasteiger partial charge in [-0.1, -0.05) is 30.3 Å². The van der Waals surface area contributed by atoms with Crippen LogP contribution in [0, 0.1) is 5.82 Å². The largest absolute Gasteiger partial charge is 0.491 e. The van der Waals surface area contributed by atoms with Gasteiger partial charge in [0, 0.05) is 19.5 Å². The highest BCUT2D eigenvalue weighted by Gasteiger charge is 2.32. The third-order valence-corrected chi connectivity index (χ3v) is 5.06. The van der Waals surface area contributed by atoms with Gasteiger partial charge in [-0.2, -0.15) is 0 Å². The number of hydrogen-bond acceptors (Lipinski definition) is 3. The number of carbonyl (C=O) groups excluding carboxylic acids is 1. The molecule has 0 spiro atoms. The lowest BCUT2D eigenvalue weighted by molar-refractivity contribution is -0.131. The highest BCUT2D eigenvalue weighted by atomic mass is 19.1. The van der Waals surface area contributed by atoms with Gasteiger partial charge in [-0.25, -0.2) is 4.39 Å². The van der Waals surface area contributed by atoms with Crippen LogP contribution < -0.4 is 4.74 Å². The minimum atomic E-state index is -0.915. The molecule has 1 aliphatic heterocycles. The number of rotatable bonds is 6. The molecular weight excluding hydrogens is 345 g/mol. The van der Waals surface area contributed by atoms with Gasteiger partial charge >= 0.3 is 0 Å². The normalized spacial score (nSPS) is 20.1. The Morgan fingerprint density at radius 1 is 1.07 bits per heavy atom. The van der Waals surface area contributed by atoms with E-state index < -0.39 is 5.60 Å². The third-order valence-electron chi connectivity index (χ3n) is 5.06. The fraction of sp³-hybridized carbons (Fsp3) is 0.409. The quantitative estimate of drug-likeness (QED) is 0.844. The molecule has 1 aliphatic rings. The third kappa shape index (κ3) is 5.79. The van der Waals surface area contributed by atoms with Crippen molar-refractivity contribution < 1.29 is 19.0 Å². The lowest BCUT2D eigenvalue weighted by Crippen LogP contribution is -2.38. The average Bonchev–Trinajstić information content (AvgIpc) is 2.89. The van der Waals surface area contributed by atoms with Gasteiger partial charge in [-0.3, -0.25) is 4.79 Å². The summed E-state index contributed by atoms with van der Waals surface area (Å²) in [5.74, 6) is 0.546. The van der Waals surface area contributed by atoms with Gasteiger partial charge in [-0.15, -0.1) is 0 Å². The van der Waals surface area contributed by atoms with E-state index in [1.807, 2.05) is 35.2 Å². The first kappa shape index (κ1) is 19.4. The molecule has 2 aromatic carbocycles. The van der Waals surface area contributed by atoms with Crippen LogP contribution in [-0.2, 0) is 11.2 Å². The van der Waals surface area contributed by atoms with Crippen LogP contribution in [0.15, 0.2) is 54.6 Å². The maximum Gasteiger partial charge on any atom is 0.222 e. The molecule has 1 saturated heterocycles. The maximum absolute atomic E-state index is 13.0. The zero-order valence-corrected chi connectivity index (χ0v) is 15.4. The molecule has 2 aromatic rings. The van der Waals surface area contributed by atoms with Crippen LogP contribution in [0.2, 0.25) is 0 Å². The Kier molecular flexibility index (Phi) is 6.45. The number of likely N-dealkylation sites (tertiary alicyclic amines) is 1. The second-order valence-corrected chi connectivity index (χ2v) is 7.19. The Balaban J connectivity index is 1.48. The van der Waals surface area contributed by atoms with E-state index in [0.717, 1.165) is 17.7 Å². The summed E-state index contributed by atoms with van der Waals surface area (Å²) >= 11 is 0. The summed E-state index contributed by atoms with van der Waals surface area (Å²) in [4.78, 5) is 14.3. The smallest absolute Gasteiger partial charge is 0.222 e. The molecule has 0 bridgehead atoms. The number of ether oxygens (including phenoxy) is 1. The molecule has 1 unspecified atom stereocenters. The van der Waals surface area contributed by atoms with E-state index in [4.69, 9.17) is 4.74 Å². The van der Waals surface area contributed by atoms with Crippen LogP contribution in [0.25, 0.3) is 0 Å². The van der Waals surface area contributed by atoms with Crippen molar-refractivity contribution in [3.63, 3.8) is 0 Å². The first-order valence-corrected chi connectivity index (χ1v) is 9.47. The standard InChI is InChI=1S/C22H26FNO3/c23-19-10-7-18(8-11-19)9-12-21(25)24-15-4-13-22(26,14-16-24)17-27-20-5-2-1-3-6-20/h1-3,5-8,10-11,26H,4,9,12-17H2. The molecule has 3 rings (SSSR count). The molecular formula is C22H26FNO3. The number of benzene rings is 2. The van der Waals surface area contributed by atoms with Crippen LogP contribution in [-0.4, -0.2) is 41.2 Å². The second-order valence-electron chi connectivity index (χ2n) is 7.19. The molecule has 1 amide bonds. The number of nitrogens with zero attached hydrogens (tertiary/aromatic N) is 1. The van der Waals surface area contributed by atoms with E-state index in [1.54, 1.807) is 12.1 Å². The van der Waals surface area contributed by atoms with Gasteiger partial charge in [0.25, 0.3) is 0 Å². The lowest BCUT2D eigenvalue weighted by Gasteiger charge is -2.27. The Morgan fingerprint density at radius 3 is 2.56 bits per heavy atom. The van der Waals surface area contributed by atoms with E-state index in [1.165, 1.54) is 12.1 Å². The van der Waals surface area contributed by atoms with Crippen LogP contribution in [0.1, 0.15) is 31.2 Å². The number of hydrogen-bond donors (Lipinski definition) is 1. The van der Waals surface area contributed by atoms with Crippen molar-refractivity contribution in [2.45, 2.75) is 37.7 Å². The van der Waals surface area contributed by atoms with Gasteiger partial charge in [0.05, 0.1) is 0 Å². The molecule has 0 aromatic heterocycles. The summed E-state index contributed by atoms with van der Waals surface area (Å²) < 4.78 is 18.7. The Bertz CT molecular complexity index is 735. The zero-order valence-electron chi connectivity index (χ0n) is 15.4. The number of halogens is 1. The molecule has 144 valence electrons. The average molecular weight is 371 g/mol. The predicted octanol–water partition coefficient (Wildman–Crippen LogP) is 3.58. The highest BCUT2D eigenvalue weighted by Crippen LogP contribution is 2.24. The van der Waals surface area contributed by atoms with Crippen LogP contribution in [0.3, 0.4) is 0 Å². The van der Waals surface area contributed by atoms with Crippen LogP contribution >= 0.6 is 0 Å². The van der Waals surface area contributed by atoms with Crippen molar-refractivity contribution in [2.75, 3.05) is 19.7 Å². The van der Waals surface area contributed by atoms with Crippen molar-refractivity contribution in [3.05, 3.63) is 66.0 Å². The van der Waals surface area contributed by atoms with Crippen molar-refractivity contribution in [3.8, 4) is 5.75 Å². The molecule has 0 aliphatic carbocycles. The number of para-hydroxylation sites is 1. The number of aliphatic hydroxyl groups is 1. The van der Waals surface area contributed by atoms with E-state index in [-0.39, 0.29) is 18.3 Å². The Morgan fingerprint density at radius 2 is 1.81 bits per heavy atom. The minimum Gasteiger partial charge on any atom is -0.491 e. The SMILES string of the molecule is O=C(CCc1ccc(F)cc1)N1CCCC(O)(COc2ccccc2)CC1. The van der Waals surface area contributed by atoms with Crippen molar-refractivity contribution >= 4 is 5.91 Å². The van der Waals surface area contributed by atoms with E-state index >= 15 is 0 Å². The summed E-state index contributed by atoms with van der Waals surface area (Å²) in [6.45, 7) is 1.40. The van der Waals surface area contributed by atoms with Gasteiger partial charge in [0.1, 0.15) is 23.8 Å². The Labute approximate surface area is 159 Å². The van der Waals surface area contributed by atoms with Gasteiger partial charge < -0.3 is 14.7 Å². The van der Waals surface area contributed by atoms with Crippen molar-refractivity contribution in [2.24, 2.45) is 0 Å². The van der Waals surface area contributed by atoms with Crippen LogP contribution in [0.4, 0.5) is 4.39 Å². The van der Waals surface area contributed by atoms with E-state index in [0.29, 0.717) is 38.8 Å². The van der Waals surface area contributed by atoms with Gasteiger partial charge in [-0.05, 0) is 55.5 Å². The zero-order chi connectivity index (χ0) is 19.1. The number of aryl methyl sites for hydroxylation is 1. The highest BCUT2D eigenvalue weighted by molar-refractivity contribution is 5.76. The molecule has 4 nitrogen and oxygen atoms in total. The second kappa shape index (κ2) is 9.00. The fourth-order valence-electron chi connectivity index (χ4n) is 3.37. The summed E-state index contributed by atoms with van der Waals surface area (Å²) in [5, 5.41) is 10.8. The van der Waals surface area contributed by atoms with E-state index in [2.05, 4.69) is 0 Å². The Hall–Kier alpha value is -2.40. The predicted molar refractivity (Wildman–Crippen MR) is 102 cm³/mol. The first-order valence-electron chi connectivity index (χ1n) is 9.47.